The Kier molecular flexibility index (Phi) is 21.5. The minimum atomic E-state index is -0.733. The Morgan fingerprint density at radius 2 is 1.01 bits per heavy atom. The van der Waals surface area contributed by atoms with E-state index in [9.17, 15) is 19.6 Å². The molecule has 0 saturated heterocycles. The van der Waals surface area contributed by atoms with Crippen LogP contribution in [0.25, 0.3) is 4.85 Å². The molecule has 0 bridgehead atoms. The molecule has 12 heteroatoms. The molecule has 69 heavy (non-hydrogen) atoms. The number of amides is 3. The molecule has 12 nitrogen and oxygen atoms in total. The van der Waals surface area contributed by atoms with Gasteiger partial charge in [-0.05, 0) is 105 Å². The second-order valence-electron chi connectivity index (χ2n) is 17.9. The Morgan fingerprint density at radius 1 is 0.565 bits per heavy atom. The highest BCUT2D eigenvalue weighted by atomic mass is 16.6. The summed E-state index contributed by atoms with van der Waals surface area (Å²) in [5.74, 6) is 1.81. The molecule has 0 aromatic heterocycles. The lowest BCUT2D eigenvalue weighted by Crippen LogP contribution is -2.41. The molecule has 0 fully saturated rings. The van der Waals surface area contributed by atoms with Crippen LogP contribution in [0.4, 0.5) is 4.79 Å². The second-order valence-corrected chi connectivity index (χ2v) is 17.9. The standard InChI is InChI=1S/C57H67N5O7/c1-45-24-25-46(40-52(45)67-43-49-20-11-7-12-21-49)27-31-55(64)61(39-33-59-5)36-17-38-62(56(65)69-57(2,3)4)37-16-35-60(34-15-32-58)54(63)30-28-47-26-29-51(66-42-48-18-9-6-10-19-48)53(41-47)68-44-50-22-13-8-14-23-50/h6-14,18-26,29,40-41H,15-17,27-28,30-31,33-39,42-44H2,1-4H3. The molecule has 5 rings (SSSR count). The van der Waals surface area contributed by atoms with Gasteiger partial charge in [-0.1, -0.05) is 109 Å². The molecule has 5 aromatic rings. The quantitative estimate of drug-likeness (QED) is 0.0477. The summed E-state index contributed by atoms with van der Waals surface area (Å²) in [6.07, 6.45) is 2.05. The van der Waals surface area contributed by atoms with Crippen molar-refractivity contribution in [1.82, 2.24) is 14.7 Å². The third-order valence-corrected chi connectivity index (χ3v) is 11.3. The van der Waals surface area contributed by atoms with Gasteiger partial charge in [-0.15, -0.1) is 0 Å². The summed E-state index contributed by atoms with van der Waals surface area (Å²) < 4.78 is 24.4. The fourth-order valence-corrected chi connectivity index (χ4v) is 7.52. The number of hydrogen-bond acceptors (Lipinski definition) is 8. The monoisotopic (exact) mass is 934 g/mol. The van der Waals surface area contributed by atoms with E-state index in [1.165, 1.54) is 0 Å². The van der Waals surface area contributed by atoms with Crippen molar-refractivity contribution < 1.29 is 33.3 Å². The lowest BCUT2D eigenvalue weighted by molar-refractivity contribution is -0.131. The minimum absolute atomic E-state index is 0.0651. The van der Waals surface area contributed by atoms with E-state index in [1.54, 1.807) is 14.7 Å². The first kappa shape index (κ1) is 52.7. The van der Waals surface area contributed by atoms with Crippen LogP contribution < -0.4 is 14.2 Å². The molecule has 0 spiro atoms. The summed E-state index contributed by atoms with van der Waals surface area (Å²) in [6.45, 7) is 18.1. The number of nitriles is 1. The minimum Gasteiger partial charge on any atom is -0.489 e. The molecule has 0 aliphatic heterocycles. The van der Waals surface area contributed by atoms with Gasteiger partial charge in [-0.3, -0.25) is 9.59 Å². The number of carbonyl (C=O) groups excluding carboxylic acids is 3. The van der Waals surface area contributed by atoms with Crippen LogP contribution in [0.2, 0.25) is 0 Å². The zero-order chi connectivity index (χ0) is 49.3. The molecule has 5 aromatic carbocycles. The summed E-state index contributed by atoms with van der Waals surface area (Å²) in [6, 6.07) is 43.7. The Hall–Kier alpha value is -7.31. The number of hydrogen-bond donors (Lipinski definition) is 0. The van der Waals surface area contributed by atoms with Gasteiger partial charge in [0, 0.05) is 45.6 Å². The molecule has 0 aliphatic rings. The highest BCUT2D eigenvalue weighted by Crippen LogP contribution is 2.31. The Labute approximate surface area is 409 Å². The average molecular weight is 934 g/mol. The van der Waals surface area contributed by atoms with E-state index in [-0.39, 0.29) is 50.7 Å². The van der Waals surface area contributed by atoms with Gasteiger partial charge in [0.25, 0.3) is 0 Å². The van der Waals surface area contributed by atoms with E-state index >= 15 is 0 Å². The maximum Gasteiger partial charge on any atom is 0.410 e. The van der Waals surface area contributed by atoms with Crippen LogP contribution in [-0.4, -0.2) is 84.0 Å². The summed E-state index contributed by atoms with van der Waals surface area (Å²) in [5.41, 5.74) is 5.29. The number of ether oxygens (including phenoxy) is 4. The van der Waals surface area contributed by atoms with E-state index in [0.717, 1.165) is 39.1 Å². The molecule has 0 saturated carbocycles. The van der Waals surface area contributed by atoms with E-state index < -0.39 is 11.7 Å². The fourth-order valence-electron chi connectivity index (χ4n) is 7.52. The van der Waals surface area contributed by atoms with Gasteiger partial charge >= 0.3 is 6.09 Å². The zero-order valence-electron chi connectivity index (χ0n) is 40.7. The van der Waals surface area contributed by atoms with Crippen LogP contribution >= 0.6 is 0 Å². The third-order valence-electron chi connectivity index (χ3n) is 11.3. The lowest BCUT2D eigenvalue weighted by atomic mass is 10.1. The fraction of sp³-hybridized carbons (Fsp3) is 0.386. The predicted octanol–water partition coefficient (Wildman–Crippen LogP) is 10.8. The smallest absolute Gasteiger partial charge is 0.410 e. The van der Waals surface area contributed by atoms with Crippen molar-refractivity contribution in [3.63, 3.8) is 0 Å². The van der Waals surface area contributed by atoms with Gasteiger partial charge in [0.05, 0.1) is 19.0 Å². The average Bonchev–Trinajstić information content (AvgIpc) is 3.35. The molecule has 0 heterocycles. The van der Waals surface area contributed by atoms with Gasteiger partial charge in [-0.2, -0.15) is 5.26 Å². The molecular formula is C57H67N5O7. The molecule has 0 unspecified atom stereocenters. The van der Waals surface area contributed by atoms with Crippen molar-refractivity contribution in [2.75, 3.05) is 45.8 Å². The summed E-state index contributed by atoms with van der Waals surface area (Å²) in [5, 5.41) is 9.48. The van der Waals surface area contributed by atoms with E-state index in [1.807, 2.05) is 155 Å². The van der Waals surface area contributed by atoms with Crippen molar-refractivity contribution in [2.24, 2.45) is 0 Å². The summed E-state index contributed by atoms with van der Waals surface area (Å²) in [7, 11) is 0. The first-order valence-electron chi connectivity index (χ1n) is 23.9. The SMILES string of the molecule is [C-]#[N+]CCN(CCCN(CCCN(CCC#N)C(=O)CCc1ccc(OCc2ccccc2)c(OCc2ccccc2)c1)C(=O)OC(C)(C)C)C(=O)CCc1ccc(C)c(OCc2ccccc2)c1. The van der Waals surface area contributed by atoms with Crippen molar-refractivity contribution in [3.8, 4) is 23.3 Å². The maximum absolute atomic E-state index is 13.8. The van der Waals surface area contributed by atoms with E-state index in [4.69, 9.17) is 25.5 Å². The third kappa shape index (κ3) is 19.1. The Bertz CT molecular complexity index is 2450. The molecule has 362 valence electrons. The second kappa shape index (κ2) is 28.1. The molecular weight excluding hydrogens is 867 g/mol. The highest BCUT2D eigenvalue weighted by molar-refractivity contribution is 5.77. The van der Waals surface area contributed by atoms with Gasteiger partial charge in [0.15, 0.2) is 11.5 Å². The largest absolute Gasteiger partial charge is 0.489 e. The van der Waals surface area contributed by atoms with E-state index in [2.05, 4.69) is 10.9 Å². The summed E-state index contributed by atoms with van der Waals surface area (Å²) >= 11 is 0. The molecule has 0 atom stereocenters. The van der Waals surface area contributed by atoms with Crippen LogP contribution in [0, 0.1) is 24.8 Å². The van der Waals surface area contributed by atoms with E-state index in [0.29, 0.717) is 83.2 Å². The van der Waals surface area contributed by atoms with Crippen LogP contribution in [0.3, 0.4) is 0 Å². The number of rotatable bonds is 27. The topological polar surface area (TPSA) is 126 Å². The Morgan fingerprint density at radius 3 is 1.51 bits per heavy atom. The molecule has 0 aliphatic carbocycles. The van der Waals surface area contributed by atoms with Crippen LogP contribution in [0.5, 0.6) is 17.2 Å². The number of benzene rings is 5. The number of nitrogens with zero attached hydrogens (tertiary/aromatic N) is 5. The molecule has 0 N–H and O–H groups in total. The van der Waals surface area contributed by atoms with Gasteiger partial charge < -0.3 is 38.5 Å². The molecule has 3 amide bonds. The maximum atomic E-state index is 13.8. The first-order valence-corrected chi connectivity index (χ1v) is 23.9. The van der Waals surface area contributed by atoms with Gasteiger partial charge in [0.1, 0.15) is 31.2 Å². The highest BCUT2D eigenvalue weighted by Gasteiger charge is 2.24. The van der Waals surface area contributed by atoms with Crippen LogP contribution in [0.15, 0.2) is 127 Å². The molecule has 0 radical (unpaired) electrons. The first-order chi connectivity index (χ1) is 33.4. The van der Waals surface area contributed by atoms with Crippen LogP contribution in [-0.2, 0) is 47.0 Å². The van der Waals surface area contributed by atoms with Crippen molar-refractivity contribution >= 4 is 17.9 Å². The Balaban J connectivity index is 1.17. The number of aryl methyl sites for hydroxylation is 3. The lowest BCUT2D eigenvalue weighted by Gasteiger charge is -2.29. The zero-order valence-corrected chi connectivity index (χ0v) is 40.7. The van der Waals surface area contributed by atoms with Crippen molar-refractivity contribution in [1.29, 1.82) is 5.26 Å². The van der Waals surface area contributed by atoms with Gasteiger partial charge in [0.2, 0.25) is 18.4 Å². The van der Waals surface area contributed by atoms with Crippen molar-refractivity contribution in [2.45, 2.75) is 98.1 Å². The normalized spacial score (nSPS) is 10.9. The van der Waals surface area contributed by atoms with Gasteiger partial charge in [-0.25, -0.2) is 11.4 Å². The number of carbonyl (C=O) groups is 3. The predicted molar refractivity (Wildman–Crippen MR) is 268 cm³/mol. The van der Waals surface area contributed by atoms with Crippen LogP contribution in [0.1, 0.15) is 86.3 Å². The van der Waals surface area contributed by atoms with Crippen molar-refractivity contribution in [3.05, 3.63) is 172 Å². The summed E-state index contributed by atoms with van der Waals surface area (Å²) in [4.78, 5) is 49.5.